The normalized spacial score (nSPS) is 12.5. The third kappa shape index (κ3) is 5.75. The summed E-state index contributed by atoms with van der Waals surface area (Å²) in [5.74, 6) is 0. The van der Waals surface area contributed by atoms with Crippen LogP contribution in [0.25, 0.3) is 5.57 Å². The fourth-order valence-electron chi connectivity index (χ4n) is 1.59. The molecular weight excluding hydrogens is 354 g/mol. The van der Waals surface area contributed by atoms with Crippen molar-refractivity contribution in [2.75, 3.05) is 0 Å². The summed E-state index contributed by atoms with van der Waals surface area (Å²) in [4.78, 5) is 0. The second-order valence-electron chi connectivity index (χ2n) is 3.55. The molecule has 1 aromatic carbocycles. The van der Waals surface area contributed by atoms with E-state index >= 15 is 0 Å². The molecule has 0 nitrogen and oxygen atoms in total. The van der Waals surface area contributed by atoms with E-state index in [2.05, 4.69) is 44.2 Å². The Hall–Kier alpha value is 0.453. The van der Waals surface area contributed by atoms with Crippen LogP contribution in [0.4, 0.5) is 0 Å². The van der Waals surface area contributed by atoms with Crippen molar-refractivity contribution in [2.45, 2.75) is 20.3 Å². The summed E-state index contributed by atoms with van der Waals surface area (Å²) in [7, 11) is 0. The summed E-state index contributed by atoms with van der Waals surface area (Å²) < 4.78 is 0. The number of halogens is 3. The van der Waals surface area contributed by atoms with E-state index in [1.54, 1.807) is 0 Å². The fraction of sp³-hybridized carbons (Fsp3) is 0.231. The molecular formula is C13H13Cl3Zr. The van der Waals surface area contributed by atoms with Crippen molar-refractivity contribution in [3.63, 3.8) is 0 Å². The Morgan fingerprint density at radius 2 is 1.47 bits per heavy atom. The number of hydrogen-bond acceptors (Lipinski definition) is 0. The molecule has 0 bridgehead atoms. The van der Waals surface area contributed by atoms with Crippen molar-refractivity contribution >= 4 is 5.57 Å². The maximum atomic E-state index is 3.42. The average molecular weight is 367 g/mol. The van der Waals surface area contributed by atoms with Gasteiger partial charge in [-0.15, -0.1) is 17.7 Å². The summed E-state index contributed by atoms with van der Waals surface area (Å²) in [5.41, 5.74) is 5.38. The first kappa shape index (κ1) is 22.6. The minimum absolute atomic E-state index is 0. The van der Waals surface area contributed by atoms with Crippen LogP contribution in [0.15, 0.2) is 41.5 Å². The minimum atomic E-state index is 0. The van der Waals surface area contributed by atoms with E-state index in [1.165, 1.54) is 22.3 Å². The molecule has 0 saturated heterocycles. The quantitative estimate of drug-likeness (QED) is 0.435. The van der Waals surface area contributed by atoms with Crippen LogP contribution < -0.4 is 37.2 Å². The van der Waals surface area contributed by atoms with E-state index in [0.29, 0.717) is 0 Å². The van der Waals surface area contributed by atoms with Crippen LogP contribution in [0.2, 0.25) is 0 Å². The summed E-state index contributed by atoms with van der Waals surface area (Å²) in [6.07, 6.45) is 4.48. The van der Waals surface area contributed by atoms with E-state index in [4.69, 9.17) is 0 Å². The molecule has 1 aromatic rings. The van der Waals surface area contributed by atoms with E-state index < -0.39 is 0 Å². The third-order valence-electron chi connectivity index (χ3n) is 2.54. The molecule has 0 atom stereocenters. The van der Waals surface area contributed by atoms with Gasteiger partial charge in [0.05, 0.1) is 0 Å². The van der Waals surface area contributed by atoms with Gasteiger partial charge in [0.15, 0.2) is 0 Å². The van der Waals surface area contributed by atoms with Gasteiger partial charge in [0.25, 0.3) is 0 Å². The van der Waals surface area contributed by atoms with Gasteiger partial charge in [-0.2, -0.15) is 22.8 Å². The smallest absolute Gasteiger partial charge is 1.00 e. The number of allylic oxidation sites excluding steroid dienone is 4. The summed E-state index contributed by atoms with van der Waals surface area (Å²) in [5, 5.41) is 0. The van der Waals surface area contributed by atoms with Crippen LogP contribution in [0.3, 0.4) is 0 Å². The molecule has 0 heterocycles. The van der Waals surface area contributed by atoms with Crippen molar-refractivity contribution < 1.29 is 63.4 Å². The Morgan fingerprint density at radius 3 is 1.88 bits per heavy atom. The van der Waals surface area contributed by atoms with Gasteiger partial charge >= 0.3 is 26.2 Å². The Balaban J connectivity index is -0.000000490. The Kier molecular flexibility index (Phi) is 13.8. The van der Waals surface area contributed by atoms with Gasteiger partial charge in [-0.25, -0.2) is 0 Å². The molecule has 1 aliphatic rings. The molecule has 0 saturated carbocycles. The van der Waals surface area contributed by atoms with Gasteiger partial charge in [0.2, 0.25) is 0 Å². The Morgan fingerprint density at radius 1 is 0.941 bits per heavy atom. The van der Waals surface area contributed by atoms with Gasteiger partial charge < -0.3 is 37.2 Å². The van der Waals surface area contributed by atoms with Crippen molar-refractivity contribution in [1.82, 2.24) is 0 Å². The van der Waals surface area contributed by atoms with E-state index in [0.717, 1.165) is 6.42 Å². The summed E-state index contributed by atoms with van der Waals surface area (Å²) in [6.45, 7) is 4.31. The van der Waals surface area contributed by atoms with E-state index in [1.807, 2.05) is 6.07 Å². The standard InChI is InChI=1S/C13H13.3ClH.Zr/c1-10-8-13(9-11(10)2)12-6-4-3-5-7-12;;;;/h3-7H,8H2,1-2H3;3*1H;/q-1;;;;+4/p-3. The molecule has 0 aliphatic heterocycles. The fourth-order valence-corrected chi connectivity index (χ4v) is 1.59. The van der Waals surface area contributed by atoms with Crippen molar-refractivity contribution in [2.24, 2.45) is 0 Å². The van der Waals surface area contributed by atoms with Crippen LogP contribution >= 0.6 is 0 Å². The maximum Gasteiger partial charge on any atom is 4.00 e. The number of hydrogen-bond donors (Lipinski definition) is 0. The number of benzene rings is 1. The zero-order chi connectivity index (χ0) is 9.26. The van der Waals surface area contributed by atoms with Gasteiger partial charge in [0, 0.05) is 0 Å². The van der Waals surface area contributed by atoms with Crippen LogP contribution in [0, 0.1) is 6.08 Å². The molecule has 0 unspecified atom stereocenters. The zero-order valence-corrected chi connectivity index (χ0v) is 14.5. The molecule has 0 amide bonds. The topological polar surface area (TPSA) is 0 Å². The first-order valence-electron chi connectivity index (χ1n) is 4.62. The first-order chi connectivity index (χ1) is 6.27. The average Bonchev–Trinajstić information content (AvgIpc) is 2.49. The Labute approximate surface area is 141 Å². The van der Waals surface area contributed by atoms with Crippen LogP contribution in [-0.4, -0.2) is 0 Å². The Bertz CT molecular complexity index is 383. The SMILES string of the molecule is CC1=C(C)CC(c2ccccc2)=[C-]1.[Cl-].[Cl-].[Cl-].[Zr+4]. The maximum absolute atomic E-state index is 3.42. The zero-order valence-electron chi connectivity index (χ0n) is 9.73. The minimum Gasteiger partial charge on any atom is -1.00 e. The largest absolute Gasteiger partial charge is 4.00 e. The summed E-state index contributed by atoms with van der Waals surface area (Å²) >= 11 is 0. The van der Waals surface area contributed by atoms with Crippen LogP contribution in [0.1, 0.15) is 25.8 Å². The predicted molar refractivity (Wildman–Crippen MR) is 56.1 cm³/mol. The molecule has 0 N–H and O–H groups in total. The van der Waals surface area contributed by atoms with E-state index in [-0.39, 0.29) is 63.4 Å². The van der Waals surface area contributed by atoms with Crippen LogP contribution in [-0.2, 0) is 26.2 Å². The molecule has 4 heteroatoms. The van der Waals surface area contributed by atoms with Crippen molar-refractivity contribution in [1.29, 1.82) is 0 Å². The molecule has 0 radical (unpaired) electrons. The van der Waals surface area contributed by atoms with Crippen molar-refractivity contribution in [3.05, 3.63) is 53.1 Å². The second kappa shape index (κ2) is 10.4. The monoisotopic (exact) mass is 364 g/mol. The van der Waals surface area contributed by atoms with Crippen molar-refractivity contribution in [3.8, 4) is 0 Å². The molecule has 2 rings (SSSR count). The summed E-state index contributed by atoms with van der Waals surface area (Å²) in [6, 6.07) is 10.5. The van der Waals surface area contributed by atoms with Crippen LogP contribution in [0.5, 0.6) is 0 Å². The van der Waals surface area contributed by atoms with Gasteiger partial charge in [0.1, 0.15) is 0 Å². The predicted octanol–water partition coefficient (Wildman–Crippen LogP) is -5.38. The third-order valence-corrected chi connectivity index (χ3v) is 2.54. The molecule has 90 valence electrons. The van der Waals surface area contributed by atoms with Gasteiger partial charge in [-0.3, -0.25) is 0 Å². The first-order valence-corrected chi connectivity index (χ1v) is 4.62. The molecule has 17 heavy (non-hydrogen) atoms. The molecule has 1 aliphatic carbocycles. The van der Waals surface area contributed by atoms with Gasteiger partial charge in [-0.05, 0) is 0 Å². The second-order valence-corrected chi connectivity index (χ2v) is 3.55. The number of rotatable bonds is 1. The molecule has 0 fully saturated rings. The molecule has 0 spiro atoms. The van der Waals surface area contributed by atoms with Gasteiger partial charge in [-0.1, -0.05) is 38.5 Å². The van der Waals surface area contributed by atoms with E-state index in [9.17, 15) is 0 Å². The molecule has 0 aromatic heterocycles.